The quantitative estimate of drug-likeness (QED) is 0.846. The maximum atomic E-state index is 13.6. The molecule has 1 amide bonds. The maximum absolute atomic E-state index is 13.6. The number of carbonyl (C=O) groups excluding carboxylic acids is 2. The van der Waals surface area contributed by atoms with Crippen LogP contribution in [-0.4, -0.2) is 31.2 Å². The molecular formula is C18H15F2NO5. The van der Waals surface area contributed by atoms with Crippen molar-refractivity contribution in [2.45, 2.75) is 13.0 Å². The highest BCUT2D eigenvalue weighted by molar-refractivity contribution is 5.97. The number of esters is 1. The zero-order valence-electron chi connectivity index (χ0n) is 13.8. The smallest absolute Gasteiger partial charge is 0.344 e. The molecule has 1 heterocycles. The van der Waals surface area contributed by atoms with Gasteiger partial charge in [-0.15, -0.1) is 0 Å². The Labute approximate surface area is 147 Å². The molecule has 0 bridgehead atoms. The molecule has 26 heavy (non-hydrogen) atoms. The van der Waals surface area contributed by atoms with Gasteiger partial charge in [0.05, 0.1) is 0 Å². The zero-order valence-corrected chi connectivity index (χ0v) is 13.8. The molecular weight excluding hydrogens is 348 g/mol. The van der Waals surface area contributed by atoms with Crippen molar-refractivity contribution in [3.8, 4) is 11.5 Å². The topological polar surface area (TPSA) is 73.9 Å². The number of hydrogen-bond acceptors (Lipinski definition) is 5. The van der Waals surface area contributed by atoms with Crippen molar-refractivity contribution >= 4 is 17.6 Å². The van der Waals surface area contributed by atoms with Crippen LogP contribution in [0.5, 0.6) is 11.5 Å². The van der Waals surface area contributed by atoms with Gasteiger partial charge in [-0.05, 0) is 31.2 Å². The van der Waals surface area contributed by atoms with Crippen LogP contribution in [0.25, 0.3) is 0 Å². The minimum absolute atomic E-state index is 0.395. The van der Waals surface area contributed by atoms with E-state index in [2.05, 4.69) is 5.32 Å². The number of benzene rings is 2. The van der Waals surface area contributed by atoms with Gasteiger partial charge in [-0.1, -0.05) is 6.07 Å². The normalized spacial score (nSPS) is 13.7. The van der Waals surface area contributed by atoms with Crippen molar-refractivity contribution in [2.24, 2.45) is 0 Å². The highest BCUT2D eigenvalue weighted by Gasteiger charge is 2.24. The molecule has 136 valence electrons. The fraction of sp³-hybridized carbons (Fsp3) is 0.222. The zero-order chi connectivity index (χ0) is 18.7. The van der Waals surface area contributed by atoms with E-state index in [1.165, 1.54) is 6.92 Å². The number of ether oxygens (including phenoxy) is 3. The van der Waals surface area contributed by atoms with Crippen molar-refractivity contribution in [1.29, 1.82) is 0 Å². The molecule has 1 aliphatic rings. The van der Waals surface area contributed by atoms with Gasteiger partial charge >= 0.3 is 5.97 Å². The van der Waals surface area contributed by atoms with Gasteiger partial charge in [0.25, 0.3) is 5.91 Å². The second-order valence-electron chi connectivity index (χ2n) is 5.49. The summed E-state index contributed by atoms with van der Waals surface area (Å²) >= 11 is 0. The van der Waals surface area contributed by atoms with Crippen LogP contribution in [-0.2, 0) is 9.53 Å². The average Bonchev–Trinajstić information content (AvgIpc) is 2.61. The molecule has 1 aliphatic heterocycles. The molecule has 0 fully saturated rings. The summed E-state index contributed by atoms with van der Waals surface area (Å²) in [5.41, 5.74) is -0.439. The molecule has 0 unspecified atom stereocenters. The lowest BCUT2D eigenvalue weighted by molar-refractivity contribution is -0.123. The summed E-state index contributed by atoms with van der Waals surface area (Å²) in [4.78, 5) is 24.1. The highest BCUT2D eigenvalue weighted by Crippen LogP contribution is 2.32. The van der Waals surface area contributed by atoms with Crippen molar-refractivity contribution in [3.63, 3.8) is 0 Å². The van der Waals surface area contributed by atoms with E-state index < -0.39 is 35.2 Å². The summed E-state index contributed by atoms with van der Waals surface area (Å²) in [5.74, 6) is -3.00. The van der Waals surface area contributed by atoms with Crippen LogP contribution in [0.2, 0.25) is 0 Å². The molecule has 8 heteroatoms. The molecule has 0 radical (unpaired) electrons. The summed E-state index contributed by atoms with van der Waals surface area (Å²) in [6, 6.07) is 7.78. The van der Waals surface area contributed by atoms with E-state index in [1.807, 2.05) is 0 Å². The number of fused-ring (bicyclic) bond motifs is 1. The lowest BCUT2D eigenvalue weighted by atomic mass is 10.2. The van der Waals surface area contributed by atoms with Gasteiger partial charge in [-0.3, -0.25) is 4.79 Å². The molecule has 3 rings (SSSR count). The number of halogens is 2. The first-order valence-electron chi connectivity index (χ1n) is 7.81. The molecule has 6 nitrogen and oxygen atoms in total. The third-order valence-electron chi connectivity index (χ3n) is 3.63. The van der Waals surface area contributed by atoms with Gasteiger partial charge in [0.15, 0.2) is 17.6 Å². The first-order valence-corrected chi connectivity index (χ1v) is 7.81. The Balaban J connectivity index is 1.65. The first kappa shape index (κ1) is 17.7. The number of hydrogen-bond donors (Lipinski definition) is 1. The van der Waals surface area contributed by atoms with E-state index in [0.29, 0.717) is 30.4 Å². The summed E-state index contributed by atoms with van der Waals surface area (Å²) in [5, 5.41) is 2.54. The Morgan fingerprint density at radius 3 is 2.42 bits per heavy atom. The SMILES string of the molecule is C[C@@H](OC(=O)c1c(F)cccc1F)C(=O)Nc1ccc2c(c1)OCCO2. The van der Waals surface area contributed by atoms with Crippen LogP contribution in [0.15, 0.2) is 36.4 Å². The summed E-state index contributed by atoms with van der Waals surface area (Å²) in [6.45, 7) is 2.13. The van der Waals surface area contributed by atoms with Crippen LogP contribution in [0.4, 0.5) is 14.5 Å². The van der Waals surface area contributed by atoms with E-state index in [4.69, 9.17) is 14.2 Å². The second-order valence-corrected chi connectivity index (χ2v) is 5.49. The molecule has 0 saturated heterocycles. The Kier molecular flexibility index (Phi) is 5.01. The lowest BCUT2D eigenvalue weighted by Crippen LogP contribution is -2.30. The fourth-order valence-electron chi connectivity index (χ4n) is 2.33. The molecule has 1 atom stereocenters. The summed E-state index contributed by atoms with van der Waals surface area (Å²) in [7, 11) is 0. The molecule has 0 aromatic heterocycles. The van der Waals surface area contributed by atoms with E-state index in [1.54, 1.807) is 18.2 Å². The predicted molar refractivity (Wildman–Crippen MR) is 87.3 cm³/mol. The minimum Gasteiger partial charge on any atom is -0.486 e. The van der Waals surface area contributed by atoms with Crippen LogP contribution in [0.1, 0.15) is 17.3 Å². The Hall–Kier alpha value is -3.16. The van der Waals surface area contributed by atoms with Crippen LogP contribution in [0, 0.1) is 11.6 Å². The Bertz CT molecular complexity index is 835. The van der Waals surface area contributed by atoms with Crippen molar-refractivity contribution in [1.82, 2.24) is 0 Å². The number of anilines is 1. The molecule has 1 N–H and O–H groups in total. The number of rotatable bonds is 4. The first-order chi connectivity index (χ1) is 12.5. The molecule has 2 aromatic carbocycles. The van der Waals surface area contributed by atoms with E-state index in [9.17, 15) is 18.4 Å². The highest BCUT2D eigenvalue weighted by atomic mass is 19.1. The van der Waals surface area contributed by atoms with Crippen LogP contribution < -0.4 is 14.8 Å². The average molecular weight is 363 g/mol. The second kappa shape index (κ2) is 7.38. The largest absolute Gasteiger partial charge is 0.486 e. The maximum Gasteiger partial charge on any atom is 0.344 e. The van der Waals surface area contributed by atoms with Gasteiger partial charge in [-0.2, -0.15) is 0 Å². The third-order valence-corrected chi connectivity index (χ3v) is 3.63. The van der Waals surface area contributed by atoms with Crippen molar-refractivity contribution in [3.05, 3.63) is 53.6 Å². The molecule has 0 aliphatic carbocycles. The van der Waals surface area contributed by atoms with Crippen LogP contribution >= 0.6 is 0 Å². The molecule has 0 spiro atoms. The predicted octanol–water partition coefficient (Wildman–Crippen LogP) is 2.92. The van der Waals surface area contributed by atoms with Gasteiger partial charge in [0, 0.05) is 11.8 Å². The fourth-order valence-corrected chi connectivity index (χ4v) is 2.33. The summed E-state index contributed by atoms with van der Waals surface area (Å²) < 4.78 is 42.8. The minimum atomic E-state index is -1.27. The van der Waals surface area contributed by atoms with Gasteiger partial charge in [0.1, 0.15) is 30.4 Å². The monoisotopic (exact) mass is 363 g/mol. The number of carbonyl (C=O) groups is 2. The van der Waals surface area contributed by atoms with E-state index in [-0.39, 0.29) is 0 Å². The number of nitrogens with one attached hydrogen (secondary N) is 1. The lowest BCUT2D eigenvalue weighted by Gasteiger charge is -2.19. The number of amides is 1. The van der Waals surface area contributed by atoms with Crippen molar-refractivity contribution in [2.75, 3.05) is 18.5 Å². The van der Waals surface area contributed by atoms with Gasteiger partial charge < -0.3 is 19.5 Å². The molecule has 2 aromatic rings. The summed E-state index contributed by atoms with van der Waals surface area (Å²) in [6.07, 6.45) is -1.27. The van der Waals surface area contributed by atoms with Crippen LogP contribution in [0.3, 0.4) is 0 Å². The van der Waals surface area contributed by atoms with E-state index in [0.717, 1.165) is 18.2 Å². The van der Waals surface area contributed by atoms with E-state index >= 15 is 0 Å². The standard InChI is InChI=1S/C18H15F2NO5/c1-10(26-18(23)16-12(19)3-2-4-13(16)20)17(22)21-11-5-6-14-15(9-11)25-8-7-24-14/h2-6,9-10H,7-8H2,1H3,(H,21,22)/t10-/m1/s1. The Morgan fingerprint density at radius 1 is 1.08 bits per heavy atom. The van der Waals surface area contributed by atoms with Gasteiger partial charge in [0.2, 0.25) is 0 Å². The van der Waals surface area contributed by atoms with Gasteiger partial charge in [-0.25, -0.2) is 13.6 Å². The Morgan fingerprint density at radius 2 is 1.73 bits per heavy atom. The van der Waals surface area contributed by atoms with Crippen molar-refractivity contribution < 1.29 is 32.6 Å². The molecule has 0 saturated carbocycles. The third kappa shape index (κ3) is 3.74.